The third-order valence-corrected chi connectivity index (χ3v) is 6.42. The molecule has 9 heteroatoms. The van der Waals surface area contributed by atoms with Gasteiger partial charge < -0.3 is 20.3 Å². The maximum Gasteiger partial charge on any atom is 0.341 e. The Labute approximate surface area is 204 Å². The van der Waals surface area contributed by atoms with Crippen LogP contribution in [0.15, 0.2) is 24.3 Å². The lowest BCUT2D eigenvalue weighted by Crippen LogP contribution is -2.30. The number of aryl methyl sites for hydroxylation is 1. The number of amides is 3. The molecule has 1 aromatic heterocycles. The SMILES string of the molecule is CCN(CC)C(=O)c1ccc(NC(=O)COC(=O)c2c(NC(=O)C(C)(C)C)sc(C)c2C)cc1. The highest BCUT2D eigenvalue weighted by atomic mass is 32.1. The van der Waals surface area contributed by atoms with Crippen LogP contribution in [0.1, 0.15) is 65.8 Å². The lowest BCUT2D eigenvalue weighted by molar-refractivity contribution is -0.123. The number of benzene rings is 1. The van der Waals surface area contributed by atoms with Gasteiger partial charge in [-0.25, -0.2) is 4.79 Å². The van der Waals surface area contributed by atoms with Gasteiger partial charge in [-0.15, -0.1) is 11.3 Å². The predicted molar refractivity (Wildman–Crippen MR) is 134 cm³/mol. The third-order valence-electron chi connectivity index (χ3n) is 5.30. The lowest BCUT2D eigenvalue weighted by atomic mass is 9.96. The number of esters is 1. The van der Waals surface area contributed by atoms with Crippen molar-refractivity contribution in [2.45, 2.75) is 48.5 Å². The molecule has 34 heavy (non-hydrogen) atoms. The Kier molecular flexibility index (Phi) is 8.98. The minimum atomic E-state index is -0.679. The fourth-order valence-corrected chi connectivity index (χ4v) is 4.08. The zero-order chi connectivity index (χ0) is 25.6. The molecule has 0 bridgehead atoms. The van der Waals surface area contributed by atoms with Gasteiger partial charge >= 0.3 is 5.97 Å². The normalized spacial score (nSPS) is 11.0. The van der Waals surface area contributed by atoms with E-state index in [9.17, 15) is 19.2 Å². The molecule has 0 radical (unpaired) electrons. The van der Waals surface area contributed by atoms with E-state index in [0.29, 0.717) is 34.9 Å². The van der Waals surface area contributed by atoms with Crippen molar-refractivity contribution in [1.29, 1.82) is 0 Å². The highest BCUT2D eigenvalue weighted by Gasteiger charge is 2.27. The highest BCUT2D eigenvalue weighted by molar-refractivity contribution is 7.16. The number of thiophene rings is 1. The molecule has 2 N–H and O–H groups in total. The quantitative estimate of drug-likeness (QED) is 0.529. The topological polar surface area (TPSA) is 105 Å². The number of ether oxygens (including phenoxy) is 1. The standard InChI is InChI=1S/C25H33N3O5S/c1-8-28(9-2)22(30)17-10-12-18(13-11-17)26-19(29)14-33-23(31)20-15(3)16(4)34-21(20)27-24(32)25(5,6)7/h10-13H,8-9,14H2,1-7H3,(H,26,29)(H,27,32). The van der Waals surface area contributed by atoms with Crippen LogP contribution in [-0.4, -0.2) is 48.3 Å². The Bertz CT molecular complexity index is 1060. The summed E-state index contributed by atoms with van der Waals surface area (Å²) in [4.78, 5) is 52.4. The molecule has 0 aliphatic carbocycles. The number of hydrogen-bond acceptors (Lipinski definition) is 6. The predicted octanol–water partition coefficient (Wildman–Crippen LogP) is 4.63. The molecule has 0 aliphatic rings. The Morgan fingerprint density at radius 3 is 2.09 bits per heavy atom. The van der Waals surface area contributed by atoms with E-state index in [1.54, 1.807) is 56.9 Å². The molecule has 2 aromatic rings. The Morgan fingerprint density at radius 2 is 1.56 bits per heavy atom. The molecule has 3 amide bonds. The van der Waals surface area contributed by atoms with Crippen LogP contribution in [0.4, 0.5) is 10.7 Å². The monoisotopic (exact) mass is 487 g/mol. The highest BCUT2D eigenvalue weighted by Crippen LogP contribution is 2.34. The number of hydrogen-bond donors (Lipinski definition) is 2. The summed E-state index contributed by atoms with van der Waals surface area (Å²) >= 11 is 1.30. The van der Waals surface area contributed by atoms with Crippen LogP contribution in [0, 0.1) is 19.3 Å². The molecule has 0 saturated heterocycles. The number of rotatable bonds is 8. The van der Waals surface area contributed by atoms with Crippen LogP contribution in [0.5, 0.6) is 0 Å². The van der Waals surface area contributed by atoms with Gasteiger partial charge in [-0.1, -0.05) is 20.8 Å². The lowest BCUT2D eigenvalue weighted by Gasteiger charge is -2.18. The van der Waals surface area contributed by atoms with Crippen molar-refractivity contribution in [1.82, 2.24) is 4.90 Å². The van der Waals surface area contributed by atoms with Gasteiger partial charge in [0.2, 0.25) is 5.91 Å². The minimum absolute atomic E-state index is 0.0763. The first-order chi connectivity index (χ1) is 15.9. The average Bonchev–Trinajstić information content (AvgIpc) is 3.05. The van der Waals surface area contributed by atoms with Crippen LogP contribution in [0.3, 0.4) is 0 Å². The average molecular weight is 488 g/mol. The van der Waals surface area contributed by atoms with Crippen molar-refractivity contribution in [2.24, 2.45) is 5.41 Å². The van der Waals surface area contributed by atoms with Crippen molar-refractivity contribution in [2.75, 3.05) is 30.3 Å². The summed E-state index contributed by atoms with van der Waals surface area (Å²) in [7, 11) is 0. The fourth-order valence-electron chi connectivity index (χ4n) is 3.04. The Hall–Kier alpha value is -3.20. The molecule has 0 spiro atoms. The summed E-state index contributed by atoms with van der Waals surface area (Å²) in [5.41, 5.74) is 1.35. The zero-order valence-electron chi connectivity index (χ0n) is 20.8. The summed E-state index contributed by atoms with van der Waals surface area (Å²) in [6, 6.07) is 6.54. The Morgan fingerprint density at radius 1 is 0.971 bits per heavy atom. The number of carbonyl (C=O) groups is 4. The van der Waals surface area contributed by atoms with E-state index >= 15 is 0 Å². The van der Waals surface area contributed by atoms with Crippen LogP contribution < -0.4 is 10.6 Å². The zero-order valence-corrected chi connectivity index (χ0v) is 21.6. The van der Waals surface area contributed by atoms with Crippen molar-refractivity contribution >= 4 is 45.7 Å². The van der Waals surface area contributed by atoms with Gasteiger partial charge in [0.05, 0.1) is 5.56 Å². The molecule has 0 atom stereocenters. The number of nitrogens with one attached hydrogen (secondary N) is 2. The van der Waals surface area contributed by atoms with Crippen LogP contribution >= 0.6 is 11.3 Å². The number of anilines is 2. The molecule has 0 unspecified atom stereocenters. The number of carbonyl (C=O) groups excluding carboxylic acids is 4. The molecule has 184 valence electrons. The first-order valence-corrected chi connectivity index (χ1v) is 12.0. The van der Waals surface area contributed by atoms with Crippen LogP contribution in [0.25, 0.3) is 0 Å². The van der Waals surface area contributed by atoms with E-state index in [2.05, 4.69) is 10.6 Å². The fraction of sp³-hybridized carbons (Fsp3) is 0.440. The van der Waals surface area contributed by atoms with Gasteiger partial charge in [0.15, 0.2) is 6.61 Å². The Balaban J connectivity index is 2.01. The van der Waals surface area contributed by atoms with E-state index in [4.69, 9.17) is 4.74 Å². The summed E-state index contributed by atoms with van der Waals surface area (Å²) in [5, 5.41) is 5.86. The summed E-state index contributed by atoms with van der Waals surface area (Å²) in [6.45, 7) is 13.5. The molecular weight excluding hydrogens is 454 g/mol. The van der Waals surface area contributed by atoms with Gasteiger partial charge in [-0.2, -0.15) is 0 Å². The third kappa shape index (κ3) is 6.66. The van der Waals surface area contributed by atoms with E-state index in [1.807, 2.05) is 20.8 Å². The van der Waals surface area contributed by atoms with Gasteiger partial charge in [0, 0.05) is 34.6 Å². The molecular formula is C25H33N3O5S. The second-order valence-corrected chi connectivity index (χ2v) is 10.1. The van der Waals surface area contributed by atoms with Crippen molar-refractivity contribution < 1.29 is 23.9 Å². The largest absolute Gasteiger partial charge is 0.452 e. The first kappa shape index (κ1) is 27.0. The van der Waals surface area contributed by atoms with E-state index in [0.717, 1.165) is 4.88 Å². The maximum absolute atomic E-state index is 12.7. The summed E-state index contributed by atoms with van der Waals surface area (Å²) < 4.78 is 5.23. The summed E-state index contributed by atoms with van der Waals surface area (Å²) in [6.07, 6.45) is 0. The smallest absolute Gasteiger partial charge is 0.341 e. The van der Waals surface area contributed by atoms with Crippen molar-refractivity contribution in [3.05, 3.63) is 45.8 Å². The number of nitrogens with zero attached hydrogens (tertiary/aromatic N) is 1. The summed E-state index contributed by atoms with van der Waals surface area (Å²) in [5.74, 6) is -1.49. The van der Waals surface area contributed by atoms with Crippen molar-refractivity contribution in [3.63, 3.8) is 0 Å². The maximum atomic E-state index is 12.7. The molecule has 2 rings (SSSR count). The second kappa shape index (κ2) is 11.3. The second-order valence-electron chi connectivity index (χ2n) is 8.87. The van der Waals surface area contributed by atoms with Crippen LogP contribution in [-0.2, 0) is 14.3 Å². The molecule has 0 fully saturated rings. The van der Waals surface area contributed by atoms with E-state index in [1.165, 1.54) is 11.3 Å². The minimum Gasteiger partial charge on any atom is -0.452 e. The molecule has 0 saturated carbocycles. The van der Waals surface area contributed by atoms with Gasteiger partial charge in [0.1, 0.15) is 5.00 Å². The molecule has 1 heterocycles. The molecule has 1 aromatic carbocycles. The van der Waals surface area contributed by atoms with E-state index < -0.39 is 23.9 Å². The van der Waals surface area contributed by atoms with Gasteiger partial charge in [-0.05, 0) is 57.5 Å². The molecule has 8 nitrogen and oxygen atoms in total. The molecule has 0 aliphatic heterocycles. The van der Waals surface area contributed by atoms with Crippen LogP contribution in [0.2, 0.25) is 0 Å². The van der Waals surface area contributed by atoms with E-state index in [-0.39, 0.29) is 17.4 Å². The van der Waals surface area contributed by atoms with Gasteiger partial charge in [-0.3, -0.25) is 14.4 Å². The first-order valence-electron chi connectivity index (χ1n) is 11.2. The van der Waals surface area contributed by atoms with Crippen molar-refractivity contribution in [3.8, 4) is 0 Å². The van der Waals surface area contributed by atoms with Gasteiger partial charge in [0.25, 0.3) is 11.8 Å².